The molecule has 0 radical (unpaired) electrons. The van der Waals surface area contributed by atoms with Crippen molar-refractivity contribution in [2.24, 2.45) is 0 Å². The van der Waals surface area contributed by atoms with E-state index >= 15 is 0 Å². The van der Waals surface area contributed by atoms with Gasteiger partial charge in [-0.2, -0.15) is 4.98 Å². The molecule has 1 N–H and O–H groups in total. The van der Waals surface area contributed by atoms with Crippen LogP contribution in [0.25, 0.3) is 22.0 Å². The molecule has 0 spiro atoms. The Balaban J connectivity index is 2.19. The van der Waals surface area contributed by atoms with Gasteiger partial charge in [-0.15, -0.1) is 0 Å². The van der Waals surface area contributed by atoms with Gasteiger partial charge < -0.3 is 14.6 Å². The molecule has 0 amide bonds. The summed E-state index contributed by atoms with van der Waals surface area (Å²) in [5.41, 5.74) is 2.82. The predicted molar refractivity (Wildman–Crippen MR) is 87.4 cm³/mol. The van der Waals surface area contributed by atoms with Gasteiger partial charge >= 0.3 is 0 Å². The lowest BCUT2D eigenvalue weighted by atomic mass is 10.0. The van der Waals surface area contributed by atoms with Gasteiger partial charge in [-0.05, 0) is 30.3 Å². The maximum absolute atomic E-state index is 6.41. The number of nitrogens with zero attached hydrogens (tertiary/aromatic N) is 2. The molecule has 4 nitrogen and oxygen atoms in total. The van der Waals surface area contributed by atoms with Gasteiger partial charge in [0, 0.05) is 42.3 Å². The molecule has 5 heteroatoms. The highest BCUT2D eigenvalue weighted by Crippen LogP contribution is 2.37. The molecule has 3 aromatic rings. The Bertz CT molecular complexity index is 795. The summed E-state index contributed by atoms with van der Waals surface area (Å²) in [5, 5.41) is 1.77. The number of aromatic nitrogens is 2. The van der Waals surface area contributed by atoms with Gasteiger partial charge in [0.25, 0.3) is 0 Å². The van der Waals surface area contributed by atoms with E-state index in [0.29, 0.717) is 10.9 Å². The lowest BCUT2D eigenvalue weighted by molar-refractivity contribution is 0.400. The number of H-pyrrole nitrogens is 1. The summed E-state index contributed by atoms with van der Waals surface area (Å²) in [6.07, 6.45) is 1.90. The Morgan fingerprint density at radius 2 is 1.95 bits per heavy atom. The number of hydrogen-bond donors (Lipinski definition) is 1. The van der Waals surface area contributed by atoms with Crippen molar-refractivity contribution in [2.75, 3.05) is 26.1 Å². The summed E-state index contributed by atoms with van der Waals surface area (Å²) in [7, 11) is 5.51. The van der Waals surface area contributed by atoms with E-state index in [4.69, 9.17) is 16.3 Å². The summed E-state index contributed by atoms with van der Waals surface area (Å²) >= 11 is 6.41. The number of benzene rings is 1. The summed E-state index contributed by atoms with van der Waals surface area (Å²) in [4.78, 5) is 9.60. The highest BCUT2D eigenvalue weighted by Gasteiger charge is 2.14. The van der Waals surface area contributed by atoms with Crippen molar-refractivity contribution in [1.82, 2.24) is 9.97 Å². The van der Waals surface area contributed by atoms with Gasteiger partial charge in [-0.1, -0.05) is 11.6 Å². The summed E-state index contributed by atoms with van der Waals surface area (Å²) in [6.45, 7) is 0. The smallest absolute Gasteiger partial charge is 0.223 e. The number of fused-ring (bicyclic) bond motifs is 1. The fourth-order valence-electron chi connectivity index (χ4n) is 2.32. The van der Waals surface area contributed by atoms with Crippen LogP contribution in [0.4, 0.5) is 5.82 Å². The molecule has 0 saturated carbocycles. The van der Waals surface area contributed by atoms with Crippen molar-refractivity contribution in [3.05, 3.63) is 41.6 Å². The lowest BCUT2D eigenvalue weighted by Gasteiger charge is -2.15. The van der Waals surface area contributed by atoms with Crippen molar-refractivity contribution in [3.63, 3.8) is 0 Å². The number of methoxy groups -OCH3 is 1. The van der Waals surface area contributed by atoms with Crippen molar-refractivity contribution >= 4 is 28.3 Å². The first-order chi connectivity index (χ1) is 10.1. The van der Waals surface area contributed by atoms with Crippen LogP contribution in [-0.4, -0.2) is 31.2 Å². The largest absolute Gasteiger partial charge is 0.480 e. The average molecular weight is 302 g/mol. The second kappa shape index (κ2) is 5.30. The van der Waals surface area contributed by atoms with Crippen LogP contribution in [0.2, 0.25) is 5.02 Å². The van der Waals surface area contributed by atoms with Crippen LogP contribution < -0.4 is 9.64 Å². The fourth-order valence-corrected chi connectivity index (χ4v) is 2.59. The third-order valence-electron chi connectivity index (χ3n) is 3.43. The van der Waals surface area contributed by atoms with E-state index in [1.807, 2.05) is 55.5 Å². The standard InChI is InChI=1S/C16H16ClN3O/c1-20(2)15-5-4-11(16(19-15)21-3)12-8-10-6-7-18-14(10)9-13(12)17/h4-9,18H,1-3H3. The summed E-state index contributed by atoms with van der Waals surface area (Å²) < 4.78 is 5.43. The number of aromatic amines is 1. The Hall–Kier alpha value is -2.20. The summed E-state index contributed by atoms with van der Waals surface area (Å²) in [6, 6.07) is 9.92. The van der Waals surface area contributed by atoms with Gasteiger partial charge in [0.05, 0.1) is 12.1 Å². The first-order valence-electron chi connectivity index (χ1n) is 6.59. The Labute approximate surface area is 128 Å². The molecular formula is C16H16ClN3O. The number of anilines is 1. The van der Waals surface area contributed by atoms with E-state index in [0.717, 1.165) is 27.8 Å². The monoisotopic (exact) mass is 301 g/mol. The van der Waals surface area contributed by atoms with E-state index in [1.165, 1.54) is 0 Å². The van der Waals surface area contributed by atoms with E-state index in [2.05, 4.69) is 9.97 Å². The second-order valence-corrected chi connectivity index (χ2v) is 5.42. The van der Waals surface area contributed by atoms with E-state index < -0.39 is 0 Å². The number of nitrogens with one attached hydrogen (secondary N) is 1. The second-order valence-electron chi connectivity index (χ2n) is 5.02. The van der Waals surface area contributed by atoms with Crippen LogP contribution in [0.3, 0.4) is 0 Å². The molecule has 0 bridgehead atoms. The lowest BCUT2D eigenvalue weighted by Crippen LogP contribution is -2.11. The molecule has 1 aromatic carbocycles. The predicted octanol–water partition coefficient (Wildman–Crippen LogP) is 3.96. The molecule has 0 aliphatic heterocycles. The molecule has 0 unspecified atom stereocenters. The van der Waals surface area contributed by atoms with Gasteiger partial charge in [0.1, 0.15) is 5.82 Å². The molecule has 0 atom stereocenters. The number of hydrogen-bond acceptors (Lipinski definition) is 3. The molecule has 0 fully saturated rings. The zero-order valence-corrected chi connectivity index (χ0v) is 12.9. The topological polar surface area (TPSA) is 41.1 Å². The van der Waals surface area contributed by atoms with Crippen molar-refractivity contribution in [3.8, 4) is 17.0 Å². The molecular weight excluding hydrogens is 286 g/mol. The molecule has 108 valence electrons. The highest BCUT2D eigenvalue weighted by atomic mass is 35.5. The Morgan fingerprint density at radius 3 is 2.67 bits per heavy atom. The first kappa shape index (κ1) is 13.8. The first-order valence-corrected chi connectivity index (χ1v) is 6.97. The molecule has 2 aromatic heterocycles. The number of rotatable bonds is 3. The minimum atomic E-state index is 0.568. The van der Waals surface area contributed by atoms with E-state index in [1.54, 1.807) is 7.11 Å². The average Bonchev–Trinajstić information content (AvgIpc) is 2.92. The quantitative estimate of drug-likeness (QED) is 0.796. The molecule has 0 saturated heterocycles. The molecule has 0 aliphatic carbocycles. The minimum absolute atomic E-state index is 0.568. The Kier molecular flexibility index (Phi) is 3.47. The van der Waals surface area contributed by atoms with Gasteiger partial charge in [0.2, 0.25) is 5.88 Å². The zero-order valence-electron chi connectivity index (χ0n) is 12.1. The van der Waals surface area contributed by atoms with Gasteiger partial charge in [-0.25, -0.2) is 0 Å². The van der Waals surface area contributed by atoms with E-state index in [-0.39, 0.29) is 0 Å². The maximum atomic E-state index is 6.41. The van der Waals surface area contributed by atoms with Crippen molar-refractivity contribution < 1.29 is 4.74 Å². The van der Waals surface area contributed by atoms with Crippen LogP contribution in [-0.2, 0) is 0 Å². The Morgan fingerprint density at radius 1 is 1.14 bits per heavy atom. The maximum Gasteiger partial charge on any atom is 0.223 e. The zero-order chi connectivity index (χ0) is 15.0. The van der Waals surface area contributed by atoms with Crippen molar-refractivity contribution in [1.29, 1.82) is 0 Å². The van der Waals surface area contributed by atoms with Crippen LogP contribution >= 0.6 is 11.6 Å². The SMILES string of the molecule is COc1nc(N(C)C)ccc1-c1cc2cc[nH]c2cc1Cl. The van der Waals surface area contributed by atoms with Crippen LogP contribution in [0, 0.1) is 0 Å². The molecule has 21 heavy (non-hydrogen) atoms. The normalized spacial score (nSPS) is 10.9. The molecule has 0 aliphatic rings. The number of pyridine rings is 1. The highest BCUT2D eigenvalue weighted by molar-refractivity contribution is 6.34. The van der Waals surface area contributed by atoms with Gasteiger partial charge in [-0.3, -0.25) is 0 Å². The third kappa shape index (κ3) is 2.43. The van der Waals surface area contributed by atoms with Crippen LogP contribution in [0.5, 0.6) is 5.88 Å². The third-order valence-corrected chi connectivity index (χ3v) is 3.74. The number of halogens is 1. The van der Waals surface area contributed by atoms with Gasteiger partial charge in [0.15, 0.2) is 0 Å². The number of ether oxygens (including phenoxy) is 1. The molecule has 2 heterocycles. The van der Waals surface area contributed by atoms with Crippen molar-refractivity contribution in [2.45, 2.75) is 0 Å². The summed E-state index contributed by atoms with van der Waals surface area (Å²) in [5.74, 6) is 1.41. The van der Waals surface area contributed by atoms with E-state index in [9.17, 15) is 0 Å². The fraction of sp³-hybridized carbons (Fsp3) is 0.188. The van der Waals surface area contributed by atoms with Crippen LogP contribution in [0.1, 0.15) is 0 Å². The minimum Gasteiger partial charge on any atom is -0.480 e. The molecule has 3 rings (SSSR count). The van der Waals surface area contributed by atoms with Crippen LogP contribution in [0.15, 0.2) is 36.5 Å².